The lowest BCUT2D eigenvalue weighted by molar-refractivity contribution is -0.143. The number of morpholine rings is 1. The number of hydrogen-bond acceptors (Lipinski definition) is 4. The second-order valence-electron chi connectivity index (χ2n) is 5.96. The van der Waals surface area contributed by atoms with Gasteiger partial charge in [0.05, 0.1) is 30.4 Å². The molecule has 1 aliphatic heterocycles. The fourth-order valence-electron chi connectivity index (χ4n) is 2.76. The average Bonchev–Trinajstić information content (AvgIpc) is 2.45. The van der Waals surface area contributed by atoms with Gasteiger partial charge in [0.15, 0.2) is 0 Å². The number of halogens is 1. The Hall–Kier alpha value is -1.30. The summed E-state index contributed by atoms with van der Waals surface area (Å²) in [6, 6.07) is 5.18. The van der Waals surface area contributed by atoms with Crippen LogP contribution in [0.3, 0.4) is 0 Å². The third-order valence-electron chi connectivity index (χ3n) is 3.53. The number of hydrogen-bond donors (Lipinski definition) is 0. The Balaban J connectivity index is 2.28. The summed E-state index contributed by atoms with van der Waals surface area (Å²) in [4.78, 5) is 14.6. The molecule has 0 radical (unpaired) electrons. The van der Waals surface area contributed by atoms with E-state index in [1.807, 2.05) is 13.8 Å². The quantitative estimate of drug-likeness (QED) is 0.853. The normalized spacial score (nSPS) is 20.8. The predicted molar refractivity (Wildman–Crippen MR) is 84.7 cm³/mol. The van der Waals surface area contributed by atoms with E-state index in [1.165, 1.54) is 7.11 Å². The first-order valence-corrected chi connectivity index (χ1v) is 7.54. The van der Waals surface area contributed by atoms with Crippen LogP contribution in [0.15, 0.2) is 18.2 Å². The highest BCUT2D eigenvalue weighted by atomic mass is 35.5. The molecule has 1 aromatic rings. The molecule has 5 nitrogen and oxygen atoms in total. The van der Waals surface area contributed by atoms with Gasteiger partial charge < -0.3 is 19.1 Å². The van der Waals surface area contributed by atoms with E-state index >= 15 is 0 Å². The molecule has 0 N–H and O–H groups in total. The standard InChI is InChI=1S/C16H22ClNO4/c1-16(2)10-18(8-11(22-16)9-20-3)15(19)14-12(17)6-5-7-13(14)21-4/h5-7,11H,8-10H2,1-4H3/t11-/m1/s1. The zero-order chi connectivity index (χ0) is 16.3. The van der Waals surface area contributed by atoms with Crippen LogP contribution in [0.5, 0.6) is 5.75 Å². The summed E-state index contributed by atoms with van der Waals surface area (Å²) in [5, 5.41) is 0.386. The lowest BCUT2D eigenvalue weighted by Crippen LogP contribution is -2.55. The zero-order valence-electron chi connectivity index (χ0n) is 13.4. The first-order valence-electron chi connectivity index (χ1n) is 7.16. The highest BCUT2D eigenvalue weighted by Crippen LogP contribution is 2.30. The van der Waals surface area contributed by atoms with Gasteiger partial charge in [0.2, 0.25) is 0 Å². The Bertz CT molecular complexity index is 547. The van der Waals surface area contributed by atoms with Gasteiger partial charge in [0.1, 0.15) is 11.3 Å². The van der Waals surface area contributed by atoms with Crippen LogP contribution < -0.4 is 4.74 Å². The van der Waals surface area contributed by atoms with Gasteiger partial charge in [0.25, 0.3) is 5.91 Å². The molecule has 6 heteroatoms. The summed E-state index contributed by atoms with van der Waals surface area (Å²) >= 11 is 6.21. The molecule has 0 aliphatic carbocycles. The van der Waals surface area contributed by atoms with Gasteiger partial charge in [-0.25, -0.2) is 0 Å². The number of carbonyl (C=O) groups excluding carboxylic acids is 1. The fourth-order valence-corrected chi connectivity index (χ4v) is 3.01. The molecule has 1 aromatic carbocycles. The summed E-state index contributed by atoms with van der Waals surface area (Å²) in [7, 11) is 3.15. The van der Waals surface area contributed by atoms with Crippen molar-refractivity contribution in [3.8, 4) is 5.75 Å². The van der Waals surface area contributed by atoms with E-state index in [-0.39, 0.29) is 12.0 Å². The second-order valence-corrected chi connectivity index (χ2v) is 6.36. The number of methoxy groups -OCH3 is 2. The summed E-state index contributed by atoms with van der Waals surface area (Å²) in [5.74, 6) is 0.324. The van der Waals surface area contributed by atoms with E-state index < -0.39 is 5.60 Å². The Kier molecular flexibility index (Phi) is 5.32. The highest BCUT2D eigenvalue weighted by Gasteiger charge is 2.37. The van der Waals surface area contributed by atoms with Crippen molar-refractivity contribution >= 4 is 17.5 Å². The van der Waals surface area contributed by atoms with Crippen molar-refractivity contribution in [3.63, 3.8) is 0 Å². The van der Waals surface area contributed by atoms with Crippen LogP contribution >= 0.6 is 11.6 Å². The minimum atomic E-state index is -0.439. The van der Waals surface area contributed by atoms with Crippen molar-refractivity contribution in [1.82, 2.24) is 4.90 Å². The molecule has 1 amide bonds. The summed E-state index contributed by atoms with van der Waals surface area (Å²) in [5.41, 5.74) is -0.0495. The Labute approximate surface area is 136 Å². The first-order chi connectivity index (χ1) is 10.4. The molecule has 22 heavy (non-hydrogen) atoms. The molecule has 1 saturated heterocycles. The van der Waals surface area contributed by atoms with Gasteiger partial charge in [-0.1, -0.05) is 17.7 Å². The van der Waals surface area contributed by atoms with Gasteiger partial charge in [0, 0.05) is 20.2 Å². The van der Waals surface area contributed by atoms with Gasteiger partial charge in [-0.05, 0) is 26.0 Å². The van der Waals surface area contributed by atoms with E-state index in [0.717, 1.165) is 0 Å². The van der Waals surface area contributed by atoms with E-state index in [2.05, 4.69) is 0 Å². The van der Waals surface area contributed by atoms with Crippen molar-refractivity contribution in [2.75, 3.05) is 33.9 Å². The van der Waals surface area contributed by atoms with Gasteiger partial charge in [-0.2, -0.15) is 0 Å². The minimum absolute atomic E-state index is 0.153. The number of benzene rings is 1. The molecule has 0 aromatic heterocycles. The van der Waals surface area contributed by atoms with Crippen LogP contribution in [0.2, 0.25) is 5.02 Å². The van der Waals surface area contributed by atoms with Crippen molar-refractivity contribution in [2.24, 2.45) is 0 Å². The zero-order valence-corrected chi connectivity index (χ0v) is 14.1. The predicted octanol–water partition coefficient (Wildman–Crippen LogP) is 2.61. The molecule has 1 aliphatic rings. The SMILES string of the molecule is COC[C@H]1CN(C(=O)c2c(Cl)cccc2OC)CC(C)(C)O1. The van der Waals surface area contributed by atoms with Crippen LogP contribution in [0.25, 0.3) is 0 Å². The number of amides is 1. The maximum absolute atomic E-state index is 12.9. The highest BCUT2D eigenvalue weighted by molar-refractivity contribution is 6.34. The third kappa shape index (κ3) is 3.72. The van der Waals surface area contributed by atoms with Crippen molar-refractivity contribution < 1.29 is 19.0 Å². The monoisotopic (exact) mass is 327 g/mol. The molecular formula is C16H22ClNO4. The number of ether oxygens (including phenoxy) is 3. The van der Waals surface area contributed by atoms with Crippen LogP contribution in [-0.4, -0.2) is 56.4 Å². The molecule has 0 unspecified atom stereocenters. The van der Waals surface area contributed by atoms with Crippen LogP contribution in [0.4, 0.5) is 0 Å². The molecule has 122 valence electrons. The lowest BCUT2D eigenvalue weighted by Gasteiger charge is -2.42. The summed E-state index contributed by atoms with van der Waals surface area (Å²) in [6.45, 7) is 5.30. The van der Waals surface area contributed by atoms with E-state index in [4.69, 9.17) is 25.8 Å². The van der Waals surface area contributed by atoms with Crippen molar-refractivity contribution in [1.29, 1.82) is 0 Å². The molecular weight excluding hydrogens is 306 g/mol. The Morgan fingerprint density at radius 3 is 2.82 bits per heavy atom. The number of nitrogens with zero attached hydrogens (tertiary/aromatic N) is 1. The molecule has 1 fully saturated rings. The molecule has 2 rings (SSSR count). The first kappa shape index (κ1) is 17.1. The summed E-state index contributed by atoms with van der Waals surface area (Å²) in [6.07, 6.45) is -0.161. The van der Waals surface area contributed by atoms with Gasteiger partial charge in [-0.3, -0.25) is 4.79 Å². The Morgan fingerprint density at radius 1 is 1.45 bits per heavy atom. The topological polar surface area (TPSA) is 48.0 Å². The number of rotatable bonds is 4. The molecule has 1 heterocycles. The average molecular weight is 328 g/mol. The fraction of sp³-hybridized carbons (Fsp3) is 0.562. The molecule has 0 spiro atoms. The molecule has 0 saturated carbocycles. The maximum atomic E-state index is 12.9. The van der Waals surface area contributed by atoms with Crippen LogP contribution in [-0.2, 0) is 9.47 Å². The van der Waals surface area contributed by atoms with Gasteiger partial charge in [-0.15, -0.1) is 0 Å². The third-order valence-corrected chi connectivity index (χ3v) is 3.85. The summed E-state index contributed by atoms with van der Waals surface area (Å²) < 4.78 is 16.4. The van der Waals surface area contributed by atoms with Crippen LogP contribution in [0.1, 0.15) is 24.2 Å². The van der Waals surface area contributed by atoms with Crippen molar-refractivity contribution in [2.45, 2.75) is 25.6 Å². The minimum Gasteiger partial charge on any atom is -0.496 e. The lowest BCUT2D eigenvalue weighted by atomic mass is 10.0. The smallest absolute Gasteiger partial charge is 0.259 e. The van der Waals surface area contributed by atoms with Crippen molar-refractivity contribution in [3.05, 3.63) is 28.8 Å². The number of carbonyl (C=O) groups is 1. The van der Waals surface area contributed by atoms with Gasteiger partial charge >= 0.3 is 0 Å². The van der Waals surface area contributed by atoms with E-state index in [9.17, 15) is 4.79 Å². The van der Waals surface area contributed by atoms with E-state index in [0.29, 0.717) is 36.0 Å². The largest absolute Gasteiger partial charge is 0.496 e. The van der Waals surface area contributed by atoms with Crippen LogP contribution in [0, 0.1) is 0 Å². The Morgan fingerprint density at radius 2 is 2.18 bits per heavy atom. The second kappa shape index (κ2) is 6.86. The van der Waals surface area contributed by atoms with E-state index in [1.54, 1.807) is 30.2 Å². The maximum Gasteiger partial charge on any atom is 0.259 e. The molecule has 0 bridgehead atoms. The molecule has 1 atom stereocenters.